The molecule has 0 unspecified atom stereocenters. The van der Waals surface area contributed by atoms with Crippen molar-refractivity contribution in [2.75, 3.05) is 61.5 Å². The van der Waals surface area contributed by atoms with Gasteiger partial charge in [0.25, 0.3) is 5.91 Å². The normalized spacial score (nSPS) is 15.2. The quantitative estimate of drug-likeness (QED) is 0.261. The van der Waals surface area contributed by atoms with Gasteiger partial charge >= 0.3 is 29.6 Å². The molecule has 1 aromatic heterocycles. The third kappa shape index (κ3) is 9.75. The Hall–Kier alpha value is -0.930. The number of anilines is 3. The number of benzene rings is 1. The van der Waals surface area contributed by atoms with Gasteiger partial charge in [0.1, 0.15) is 0 Å². The van der Waals surface area contributed by atoms with Crippen molar-refractivity contribution in [3.05, 3.63) is 48.2 Å². The zero-order valence-electron chi connectivity index (χ0n) is 20.0. The first kappa shape index (κ1) is 35.1. The number of likely N-dealkylation sites (N-methyl/N-ethyl adjacent to an activating group) is 1. The average Bonchev–Trinajstić information content (AvgIpc) is 2.89. The number of carbonyl (C=O) groups is 2. The summed E-state index contributed by atoms with van der Waals surface area (Å²) < 4.78 is 28.9. The van der Waals surface area contributed by atoms with Crippen LogP contribution >= 0.6 is 37.4 Å². The number of para-hydroxylation sites is 1. The first-order chi connectivity index (χ1) is 15.7. The predicted octanol–water partition coefficient (Wildman–Crippen LogP) is -1.13. The van der Waals surface area contributed by atoms with Crippen molar-refractivity contribution in [3.63, 3.8) is 0 Å². The van der Waals surface area contributed by atoms with Crippen LogP contribution in [-0.4, -0.2) is 90.8 Å². The molecule has 1 N–H and O–H groups in total. The van der Waals surface area contributed by atoms with Gasteiger partial charge in [-0.3, -0.25) is 19.4 Å². The van der Waals surface area contributed by atoms with Gasteiger partial charge < -0.3 is 14.8 Å². The summed E-state index contributed by atoms with van der Waals surface area (Å²) in [4.78, 5) is 36.1. The third-order valence-corrected chi connectivity index (χ3v) is 6.41. The first-order valence-electron chi connectivity index (χ1n) is 10.3. The van der Waals surface area contributed by atoms with E-state index in [-0.39, 0.29) is 77.7 Å². The van der Waals surface area contributed by atoms with Gasteiger partial charge in [-0.25, -0.2) is 13.4 Å². The standard InChI is InChI=1S/C19H21N5O2.C2H6O3S2.2ClH.Na/c1-22-9-11-23(12-10-22)13-17(25)24-16-7-3-2-5-14(16)19(26)21-15-6-4-8-20-18(15)24;3-7(4,5)2-1-6;;;/h2-8H,9-13H2,1H3,(H,21,26);6H,1-2H2,(H,3,4,5);2*1H;/q;;;;+1/p-1. The summed E-state index contributed by atoms with van der Waals surface area (Å²) in [5.41, 5.74) is 1.58. The van der Waals surface area contributed by atoms with Gasteiger partial charge in [-0.15, -0.1) is 24.8 Å². The molecular weight excluding hydrogens is 560 g/mol. The van der Waals surface area contributed by atoms with E-state index in [1.807, 2.05) is 6.07 Å². The molecule has 15 heteroatoms. The summed E-state index contributed by atoms with van der Waals surface area (Å²) in [7, 11) is -1.92. The summed E-state index contributed by atoms with van der Waals surface area (Å²) in [6.45, 7) is 3.89. The fourth-order valence-electron chi connectivity index (χ4n) is 3.47. The van der Waals surface area contributed by atoms with Gasteiger partial charge in [0.2, 0.25) is 5.91 Å². The Kier molecular flexibility index (Phi) is 15.7. The minimum absolute atomic E-state index is 0. The molecule has 0 bridgehead atoms. The zero-order valence-corrected chi connectivity index (χ0v) is 25.3. The van der Waals surface area contributed by atoms with E-state index in [0.717, 1.165) is 26.2 Å². The van der Waals surface area contributed by atoms with E-state index in [1.165, 1.54) is 0 Å². The smallest absolute Gasteiger partial charge is 0.748 e. The summed E-state index contributed by atoms with van der Waals surface area (Å²) in [6.07, 6.45) is 1.63. The molecule has 194 valence electrons. The number of aromatic nitrogens is 1. The molecule has 0 spiro atoms. The van der Waals surface area contributed by atoms with Crippen LogP contribution in [0.3, 0.4) is 0 Å². The second-order valence-electron chi connectivity index (χ2n) is 7.64. The van der Waals surface area contributed by atoms with Crippen LogP contribution in [0.5, 0.6) is 0 Å². The Morgan fingerprint density at radius 3 is 2.33 bits per heavy atom. The molecule has 1 fully saturated rings. The molecule has 4 rings (SSSR count). The van der Waals surface area contributed by atoms with E-state index in [1.54, 1.807) is 41.4 Å². The number of amides is 2. The van der Waals surface area contributed by atoms with Crippen molar-refractivity contribution in [2.45, 2.75) is 0 Å². The van der Waals surface area contributed by atoms with Crippen LogP contribution < -0.4 is 39.8 Å². The summed E-state index contributed by atoms with van der Waals surface area (Å²) >= 11 is 3.53. The number of nitrogens with one attached hydrogen (secondary N) is 1. The second kappa shape index (κ2) is 16.1. The molecule has 0 saturated carbocycles. The van der Waals surface area contributed by atoms with E-state index >= 15 is 0 Å². The fourth-order valence-corrected chi connectivity index (χ4v) is 4.36. The molecule has 36 heavy (non-hydrogen) atoms. The third-order valence-electron chi connectivity index (χ3n) is 5.18. The van der Waals surface area contributed by atoms with Gasteiger partial charge in [0.15, 0.2) is 5.82 Å². The zero-order chi connectivity index (χ0) is 24.0. The monoisotopic (exact) mass is 587 g/mol. The minimum atomic E-state index is -4.00. The second-order valence-corrected chi connectivity index (χ2v) is 9.61. The van der Waals surface area contributed by atoms with Gasteiger partial charge in [-0.1, -0.05) is 12.1 Å². The van der Waals surface area contributed by atoms with Gasteiger partial charge in [-0.2, -0.15) is 12.6 Å². The molecule has 1 aromatic carbocycles. The minimum Gasteiger partial charge on any atom is -0.748 e. The van der Waals surface area contributed by atoms with Crippen LogP contribution in [0.1, 0.15) is 10.4 Å². The van der Waals surface area contributed by atoms with Crippen molar-refractivity contribution >= 4 is 76.6 Å². The summed E-state index contributed by atoms with van der Waals surface area (Å²) in [5, 5.41) is 2.86. The van der Waals surface area contributed by atoms with Crippen molar-refractivity contribution in [3.8, 4) is 0 Å². The van der Waals surface area contributed by atoms with Crippen LogP contribution in [0.15, 0.2) is 42.6 Å². The van der Waals surface area contributed by atoms with Crippen LogP contribution in [0, 0.1) is 0 Å². The Labute approximate surface area is 251 Å². The Morgan fingerprint density at radius 2 is 1.75 bits per heavy atom. The molecule has 0 aliphatic carbocycles. The fraction of sp³-hybridized carbons (Fsp3) is 0.381. The Bertz CT molecular complexity index is 1120. The van der Waals surface area contributed by atoms with E-state index in [9.17, 15) is 22.6 Å². The van der Waals surface area contributed by atoms with Gasteiger partial charge in [0.05, 0.1) is 33.6 Å². The number of hydrogen-bond acceptors (Lipinski definition) is 9. The number of rotatable bonds is 4. The SMILES string of the molecule is CN1CCN(CC(=O)N2c3ccccc3C(=O)Nc3cccnc32)CC1.Cl.Cl.O=S(=O)([O-])CCS.[Na+]. The van der Waals surface area contributed by atoms with E-state index in [0.29, 0.717) is 29.3 Å². The van der Waals surface area contributed by atoms with E-state index in [4.69, 9.17) is 0 Å². The molecule has 2 amide bonds. The van der Waals surface area contributed by atoms with Gasteiger partial charge in [-0.05, 0) is 31.3 Å². The maximum atomic E-state index is 13.2. The molecule has 3 heterocycles. The number of piperazine rings is 1. The summed E-state index contributed by atoms with van der Waals surface area (Å²) in [6, 6.07) is 10.7. The molecule has 2 aromatic rings. The number of hydrogen-bond donors (Lipinski definition) is 2. The number of fused-ring (bicyclic) bond motifs is 2. The number of carbonyl (C=O) groups excluding carboxylic acids is 2. The Balaban J connectivity index is 0.00000109. The molecule has 0 radical (unpaired) electrons. The van der Waals surface area contributed by atoms with Crippen LogP contribution in [0.2, 0.25) is 0 Å². The molecule has 2 aliphatic rings. The van der Waals surface area contributed by atoms with Gasteiger partial charge in [0, 0.05) is 43.9 Å². The van der Waals surface area contributed by atoms with Crippen LogP contribution in [0.25, 0.3) is 0 Å². The topological polar surface area (TPSA) is 126 Å². The average molecular weight is 589 g/mol. The Morgan fingerprint density at radius 1 is 1.11 bits per heavy atom. The molecule has 0 atom stereocenters. The first-order valence-corrected chi connectivity index (χ1v) is 12.5. The van der Waals surface area contributed by atoms with Crippen LogP contribution in [0.4, 0.5) is 17.2 Å². The van der Waals surface area contributed by atoms with Crippen molar-refractivity contribution in [1.29, 1.82) is 0 Å². The molecule has 2 aliphatic heterocycles. The molecule has 1 saturated heterocycles. The number of halogens is 2. The molecular formula is C21H28Cl2N5NaO5S2. The molecule has 10 nitrogen and oxygen atoms in total. The largest absolute Gasteiger partial charge is 1.00 e. The predicted molar refractivity (Wildman–Crippen MR) is 143 cm³/mol. The maximum Gasteiger partial charge on any atom is 1.00 e. The number of pyridine rings is 1. The van der Waals surface area contributed by atoms with E-state index < -0.39 is 10.1 Å². The van der Waals surface area contributed by atoms with Crippen molar-refractivity contribution in [2.24, 2.45) is 0 Å². The maximum absolute atomic E-state index is 13.2. The van der Waals surface area contributed by atoms with E-state index in [2.05, 4.69) is 39.8 Å². The van der Waals surface area contributed by atoms with Crippen molar-refractivity contribution in [1.82, 2.24) is 14.8 Å². The summed E-state index contributed by atoms with van der Waals surface area (Å²) in [5.74, 6) is -0.129. The van der Waals surface area contributed by atoms with Crippen molar-refractivity contribution < 1.29 is 52.1 Å². The number of nitrogens with zero attached hydrogens (tertiary/aromatic N) is 4. The number of thiol groups is 1. The van der Waals surface area contributed by atoms with Crippen LogP contribution in [-0.2, 0) is 14.9 Å².